The molecule has 0 unspecified atom stereocenters. The van der Waals surface area contributed by atoms with Crippen molar-refractivity contribution in [3.8, 4) is 10.6 Å². The summed E-state index contributed by atoms with van der Waals surface area (Å²) in [6.45, 7) is 1.25. The number of hydrogen-bond acceptors (Lipinski definition) is 5. The van der Waals surface area contributed by atoms with Crippen LogP contribution in [0.15, 0.2) is 35.7 Å². The van der Waals surface area contributed by atoms with Crippen molar-refractivity contribution in [1.82, 2.24) is 15.1 Å². The summed E-state index contributed by atoms with van der Waals surface area (Å²) >= 11 is 2.81. The van der Waals surface area contributed by atoms with Crippen LogP contribution in [0, 0.1) is 11.6 Å². The first-order valence-corrected chi connectivity index (χ1v) is 10.2. The third-order valence-corrected chi connectivity index (χ3v) is 6.39. The number of anilines is 1. The summed E-state index contributed by atoms with van der Waals surface area (Å²) in [6, 6.07) is 7.11. The zero-order valence-electron chi connectivity index (χ0n) is 14.2. The molecule has 0 saturated carbocycles. The summed E-state index contributed by atoms with van der Waals surface area (Å²) in [7, 11) is 0. The van der Waals surface area contributed by atoms with Crippen molar-refractivity contribution in [2.45, 2.75) is 18.8 Å². The van der Waals surface area contributed by atoms with Crippen LogP contribution in [0.25, 0.3) is 10.6 Å². The Bertz CT molecular complexity index is 937. The molecule has 3 heterocycles. The van der Waals surface area contributed by atoms with Crippen molar-refractivity contribution in [2.75, 3.05) is 18.4 Å². The number of thiophene rings is 1. The maximum atomic E-state index is 13.9. The van der Waals surface area contributed by atoms with Crippen LogP contribution in [0.2, 0.25) is 0 Å². The number of aromatic nitrogens is 2. The van der Waals surface area contributed by atoms with Gasteiger partial charge in [0.25, 0.3) is 0 Å². The van der Waals surface area contributed by atoms with Gasteiger partial charge in [-0.15, -0.1) is 21.5 Å². The lowest BCUT2D eigenvalue weighted by Gasteiger charge is -2.30. The highest BCUT2D eigenvalue weighted by Gasteiger charge is 2.27. The Hall–Kier alpha value is -2.39. The first-order valence-electron chi connectivity index (χ1n) is 8.48. The van der Waals surface area contributed by atoms with Crippen LogP contribution in [0.5, 0.6) is 0 Å². The second kappa shape index (κ2) is 7.69. The average Bonchev–Trinajstić information content (AvgIpc) is 3.34. The highest BCUT2D eigenvalue weighted by Crippen LogP contribution is 2.34. The summed E-state index contributed by atoms with van der Waals surface area (Å²) in [5.41, 5.74) is 0.257. The SMILES string of the molecule is O=C(Nc1cccs1)N1CCC(c2nnc(-c3ccc(F)cc3F)s2)CC1. The van der Waals surface area contributed by atoms with E-state index in [-0.39, 0.29) is 17.5 Å². The van der Waals surface area contributed by atoms with Crippen molar-refractivity contribution in [3.05, 3.63) is 52.4 Å². The molecule has 140 valence electrons. The number of carbonyl (C=O) groups is 1. The molecule has 0 bridgehead atoms. The van der Waals surface area contributed by atoms with Crippen LogP contribution in [0.4, 0.5) is 18.6 Å². The standard InChI is InChI=1S/C18H16F2N4OS2/c19-12-3-4-13(14(20)10-12)17-23-22-16(27-17)11-5-7-24(8-6-11)18(25)21-15-2-1-9-26-15/h1-4,9-11H,5-8H2,(H,21,25). The van der Waals surface area contributed by atoms with E-state index < -0.39 is 11.6 Å². The highest BCUT2D eigenvalue weighted by atomic mass is 32.1. The van der Waals surface area contributed by atoms with Gasteiger partial charge in [0.1, 0.15) is 16.6 Å². The van der Waals surface area contributed by atoms with Crippen molar-refractivity contribution < 1.29 is 13.6 Å². The van der Waals surface area contributed by atoms with E-state index in [4.69, 9.17) is 0 Å². The largest absolute Gasteiger partial charge is 0.324 e. The number of halogens is 2. The van der Waals surface area contributed by atoms with Crippen LogP contribution in [0.3, 0.4) is 0 Å². The summed E-state index contributed by atoms with van der Waals surface area (Å²) in [5.74, 6) is -1.07. The lowest BCUT2D eigenvalue weighted by atomic mass is 9.98. The summed E-state index contributed by atoms with van der Waals surface area (Å²) in [6.07, 6.45) is 1.55. The molecule has 3 aromatic rings. The molecule has 9 heteroatoms. The zero-order valence-corrected chi connectivity index (χ0v) is 15.8. The molecule has 0 radical (unpaired) electrons. The molecule has 27 heavy (non-hydrogen) atoms. The number of amides is 2. The molecule has 1 aliphatic rings. The molecule has 2 aromatic heterocycles. The first-order chi connectivity index (χ1) is 13.1. The van der Waals surface area contributed by atoms with Crippen LogP contribution in [-0.4, -0.2) is 34.2 Å². The van der Waals surface area contributed by atoms with Crippen LogP contribution < -0.4 is 5.32 Å². The monoisotopic (exact) mass is 406 g/mol. The number of urea groups is 1. The van der Waals surface area contributed by atoms with Crippen molar-refractivity contribution in [2.24, 2.45) is 0 Å². The maximum Gasteiger partial charge on any atom is 0.322 e. The van der Waals surface area contributed by atoms with Gasteiger partial charge in [-0.05, 0) is 42.5 Å². The fourth-order valence-electron chi connectivity index (χ4n) is 3.03. The smallest absolute Gasteiger partial charge is 0.322 e. The Morgan fingerprint density at radius 1 is 1.19 bits per heavy atom. The van der Waals surface area contributed by atoms with Gasteiger partial charge in [0.05, 0.1) is 5.00 Å². The normalized spacial score (nSPS) is 15.1. The number of hydrogen-bond donors (Lipinski definition) is 1. The van der Waals surface area contributed by atoms with E-state index in [0.29, 0.717) is 18.1 Å². The number of piperidine rings is 1. The Morgan fingerprint density at radius 3 is 2.70 bits per heavy atom. The fraction of sp³-hybridized carbons (Fsp3) is 0.278. The molecule has 1 aliphatic heterocycles. The van der Waals surface area contributed by atoms with Gasteiger partial charge < -0.3 is 4.90 Å². The molecule has 5 nitrogen and oxygen atoms in total. The molecule has 1 saturated heterocycles. The molecule has 1 fully saturated rings. The molecule has 0 spiro atoms. The van der Waals surface area contributed by atoms with E-state index in [1.807, 2.05) is 17.5 Å². The van der Waals surface area contributed by atoms with Crippen LogP contribution >= 0.6 is 22.7 Å². The number of nitrogens with zero attached hydrogens (tertiary/aromatic N) is 3. The second-order valence-electron chi connectivity index (χ2n) is 6.24. The van der Waals surface area contributed by atoms with E-state index in [0.717, 1.165) is 28.9 Å². The van der Waals surface area contributed by atoms with Crippen LogP contribution in [-0.2, 0) is 0 Å². The Labute approximate surface area is 162 Å². The number of carbonyl (C=O) groups excluding carboxylic acids is 1. The Balaban J connectivity index is 1.39. The third kappa shape index (κ3) is 3.98. The van der Waals surface area contributed by atoms with Gasteiger partial charge in [0.15, 0.2) is 5.01 Å². The van der Waals surface area contributed by atoms with Gasteiger partial charge in [-0.1, -0.05) is 11.3 Å². The molecule has 1 aromatic carbocycles. The first kappa shape index (κ1) is 18.0. The van der Waals surface area contributed by atoms with Gasteiger partial charge in [-0.25, -0.2) is 13.6 Å². The van der Waals surface area contributed by atoms with E-state index in [2.05, 4.69) is 15.5 Å². The van der Waals surface area contributed by atoms with Gasteiger partial charge in [-0.3, -0.25) is 5.32 Å². The van der Waals surface area contributed by atoms with Gasteiger partial charge in [0.2, 0.25) is 0 Å². The van der Waals surface area contributed by atoms with E-state index in [1.165, 1.54) is 34.8 Å². The van der Waals surface area contributed by atoms with Gasteiger partial charge in [0, 0.05) is 30.6 Å². The third-order valence-electron chi connectivity index (χ3n) is 4.48. The topological polar surface area (TPSA) is 58.1 Å². The molecular formula is C18H16F2N4OS2. The highest BCUT2D eigenvalue weighted by molar-refractivity contribution is 7.14. The van der Waals surface area contributed by atoms with Gasteiger partial charge >= 0.3 is 6.03 Å². The minimum absolute atomic E-state index is 0.0952. The predicted octanol–water partition coefficient (Wildman–Crippen LogP) is 4.96. The average molecular weight is 406 g/mol. The van der Waals surface area contributed by atoms with Crippen molar-refractivity contribution >= 4 is 33.7 Å². The van der Waals surface area contributed by atoms with Crippen LogP contribution in [0.1, 0.15) is 23.8 Å². The maximum absolute atomic E-state index is 13.9. The molecule has 0 atom stereocenters. The number of nitrogens with one attached hydrogen (secondary N) is 1. The van der Waals surface area contributed by atoms with Crippen molar-refractivity contribution in [1.29, 1.82) is 0 Å². The molecule has 0 aliphatic carbocycles. The van der Waals surface area contributed by atoms with E-state index in [9.17, 15) is 13.6 Å². The van der Waals surface area contributed by atoms with Crippen molar-refractivity contribution in [3.63, 3.8) is 0 Å². The Kier molecular flexibility index (Phi) is 5.13. The minimum Gasteiger partial charge on any atom is -0.324 e. The number of likely N-dealkylation sites (tertiary alicyclic amines) is 1. The van der Waals surface area contributed by atoms with E-state index in [1.54, 1.807) is 4.90 Å². The van der Waals surface area contributed by atoms with Gasteiger partial charge in [-0.2, -0.15) is 0 Å². The summed E-state index contributed by atoms with van der Waals surface area (Å²) in [5, 5.41) is 15.2. The lowest BCUT2D eigenvalue weighted by molar-refractivity contribution is 0.194. The summed E-state index contributed by atoms with van der Waals surface area (Å²) < 4.78 is 27.0. The Morgan fingerprint density at radius 2 is 2.00 bits per heavy atom. The second-order valence-corrected chi connectivity index (χ2v) is 8.20. The summed E-state index contributed by atoms with van der Waals surface area (Å²) in [4.78, 5) is 14.1. The fourth-order valence-corrected chi connectivity index (χ4v) is 4.68. The molecule has 2 amide bonds. The number of benzene rings is 1. The minimum atomic E-state index is -0.641. The predicted molar refractivity (Wildman–Crippen MR) is 102 cm³/mol. The molecule has 1 N–H and O–H groups in total. The number of rotatable bonds is 3. The zero-order chi connectivity index (χ0) is 18.8. The lowest BCUT2D eigenvalue weighted by Crippen LogP contribution is -2.40. The molecular weight excluding hydrogens is 390 g/mol. The van der Waals surface area contributed by atoms with E-state index >= 15 is 0 Å². The quantitative estimate of drug-likeness (QED) is 0.669. The molecule has 4 rings (SSSR count).